The smallest absolute Gasteiger partial charge is 0.166 e. The second-order valence-corrected chi connectivity index (χ2v) is 7.73. The Hall–Kier alpha value is -1.63. The zero-order valence-electron chi connectivity index (χ0n) is 14.6. The maximum absolute atomic E-state index is 5.47. The van der Waals surface area contributed by atoms with Crippen molar-refractivity contribution >= 4 is 28.7 Å². The standard InChI is InChI=1S/C19H25N3OS2/c1-23-16-8-6-15(7-9-16)13-20-19(24)21-14-17(18-5-4-12-25-18)22-10-2-3-11-22/h4-9,12,17H,2-3,10-11,13-14H2,1H3,(H2,20,21,24)/p+1/t17-/m0/s1. The van der Waals surface area contributed by atoms with Gasteiger partial charge in [0, 0.05) is 19.4 Å². The molecule has 1 saturated heterocycles. The van der Waals surface area contributed by atoms with Crippen molar-refractivity contribution < 1.29 is 9.64 Å². The minimum atomic E-state index is 0.489. The van der Waals surface area contributed by atoms with Crippen molar-refractivity contribution in [1.29, 1.82) is 0 Å². The Kier molecular flexibility index (Phi) is 6.67. The number of hydrogen-bond donors (Lipinski definition) is 3. The minimum Gasteiger partial charge on any atom is -0.497 e. The van der Waals surface area contributed by atoms with Gasteiger partial charge in [0.05, 0.1) is 31.6 Å². The Balaban J connectivity index is 1.49. The highest BCUT2D eigenvalue weighted by atomic mass is 32.1. The summed E-state index contributed by atoms with van der Waals surface area (Å²) < 4.78 is 5.18. The van der Waals surface area contributed by atoms with Crippen LogP contribution < -0.4 is 20.3 Å². The van der Waals surface area contributed by atoms with Gasteiger partial charge in [-0.05, 0) is 41.4 Å². The predicted molar refractivity (Wildman–Crippen MR) is 107 cm³/mol. The van der Waals surface area contributed by atoms with Crippen LogP contribution in [-0.2, 0) is 6.54 Å². The van der Waals surface area contributed by atoms with Crippen LogP contribution in [0.2, 0.25) is 0 Å². The summed E-state index contributed by atoms with van der Waals surface area (Å²) in [5, 5.41) is 9.61. The lowest BCUT2D eigenvalue weighted by Gasteiger charge is -2.24. The van der Waals surface area contributed by atoms with Crippen molar-refractivity contribution in [3.63, 3.8) is 0 Å². The average molecular weight is 377 g/mol. The number of benzene rings is 1. The maximum atomic E-state index is 5.47. The van der Waals surface area contributed by atoms with Crippen molar-refractivity contribution in [3.05, 3.63) is 52.2 Å². The normalized spacial score (nSPS) is 15.7. The summed E-state index contributed by atoms with van der Waals surface area (Å²) >= 11 is 7.32. The number of methoxy groups -OCH3 is 1. The second kappa shape index (κ2) is 9.17. The molecule has 0 saturated carbocycles. The SMILES string of the molecule is COc1ccc(CNC(=S)NC[C@@H](c2cccs2)[NH+]2CCCC2)cc1. The molecule has 1 fully saturated rings. The van der Waals surface area contributed by atoms with Crippen LogP contribution in [0.3, 0.4) is 0 Å². The number of quaternary nitrogens is 1. The number of nitrogens with one attached hydrogen (secondary N) is 3. The number of thiocarbonyl (C=S) groups is 1. The fourth-order valence-electron chi connectivity index (χ4n) is 3.30. The van der Waals surface area contributed by atoms with Gasteiger partial charge in [0.2, 0.25) is 0 Å². The molecule has 134 valence electrons. The van der Waals surface area contributed by atoms with Crippen LogP contribution in [0.15, 0.2) is 41.8 Å². The van der Waals surface area contributed by atoms with Gasteiger partial charge in [0.25, 0.3) is 0 Å². The summed E-state index contributed by atoms with van der Waals surface area (Å²) in [6.45, 7) is 4.12. The molecular weight excluding hydrogens is 350 g/mol. The second-order valence-electron chi connectivity index (χ2n) is 6.35. The zero-order valence-corrected chi connectivity index (χ0v) is 16.2. The number of thiophene rings is 1. The van der Waals surface area contributed by atoms with Gasteiger partial charge in [0.15, 0.2) is 5.11 Å². The summed E-state index contributed by atoms with van der Waals surface area (Å²) in [5.74, 6) is 0.872. The highest BCUT2D eigenvalue weighted by Gasteiger charge is 2.28. The molecule has 1 aromatic carbocycles. The molecule has 0 bridgehead atoms. The van der Waals surface area contributed by atoms with Crippen LogP contribution in [0.5, 0.6) is 5.75 Å². The third kappa shape index (κ3) is 5.17. The Labute approximate surface area is 159 Å². The first-order chi connectivity index (χ1) is 12.3. The fraction of sp³-hybridized carbons (Fsp3) is 0.421. The number of ether oxygens (including phenoxy) is 1. The molecule has 0 aliphatic carbocycles. The minimum absolute atomic E-state index is 0.489. The summed E-state index contributed by atoms with van der Waals surface area (Å²) in [4.78, 5) is 3.12. The monoisotopic (exact) mass is 376 g/mol. The van der Waals surface area contributed by atoms with Gasteiger partial charge in [-0.2, -0.15) is 0 Å². The quantitative estimate of drug-likeness (QED) is 0.648. The molecule has 2 heterocycles. The lowest BCUT2D eigenvalue weighted by Crippen LogP contribution is -3.11. The van der Waals surface area contributed by atoms with Gasteiger partial charge in [-0.3, -0.25) is 0 Å². The molecule has 25 heavy (non-hydrogen) atoms. The van der Waals surface area contributed by atoms with Gasteiger partial charge < -0.3 is 20.3 Å². The van der Waals surface area contributed by atoms with Crippen LogP contribution in [0.1, 0.15) is 29.3 Å². The summed E-state index contributed by atoms with van der Waals surface area (Å²) in [6, 6.07) is 12.9. The van der Waals surface area contributed by atoms with E-state index in [0.717, 1.165) is 24.0 Å². The molecule has 4 nitrogen and oxygen atoms in total. The van der Waals surface area contributed by atoms with E-state index in [0.29, 0.717) is 6.04 Å². The fourth-order valence-corrected chi connectivity index (χ4v) is 4.34. The van der Waals surface area contributed by atoms with E-state index >= 15 is 0 Å². The highest BCUT2D eigenvalue weighted by Crippen LogP contribution is 2.17. The number of rotatable bonds is 7. The Morgan fingerprint density at radius 1 is 1.20 bits per heavy atom. The molecule has 1 aliphatic rings. The van der Waals surface area contributed by atoms with Crippen LogP contribution in [0, 0.1) is 0 Å². The topological polar surface area (TPSA) is 37.7 Å². The lowest BCUT2D eigenvalue weighted by molar-refractivity contribution is -0.918. The van der Waals surface area contributed by atoms with Crippen LogP contribution in [-0.4, -0.2) is 31.9 Å². The van der Waals surface area contributed by atoms with Crippen molar-refractivity contribution in [2.75, 3.05) is 26.7 Å². The average Bonchev–Trinajstić information content (AvgIpc) is 3.35. The number of hydrogen-bond acceptors (Lipinski definition) is 3. The van der Waals surface area contributed by atoms with Crippen molar-refractivity contribution in [2.24, 2.45) is 0 Å². The summed E-state index contributed by atoms with van der Waals surface area (Å²) in [6.07, 6.45) is 2.66. The molecule has 3 N–H and O–H groups in total. The third-order valence-corrected chi connectivity index (χ3v) is 5.98. The summed E-state index contributed by atoms with van der Waals surface area (Å²) in [5.41, 5.74) is 1.19. The first-order valence-electron chi connectivity index (χ1n) is 8.79. The van der Waals surface area contributed by atoms with Gasteiger partial charge in [0.1, 0.15) is 11.8 Å². The summed E-state index contributed by atoms with van der Waals surface area (Å²) in [7, 11) is 1.68. The predicted octanol–water partition coefficient (Wildman–Crippen LogP) is 2.14. The van der Waals surface area contributed by atoms with Crippen molar-refractivity contribution in [1.82, 2.24) is 10.6 Å². The highest BCUT2D eigenvalue weighted by molar-refractivity contribution is 7.80. The molecule has 0 unspecified atom stereocenters. The molecule has 0 spiro atoms. The van der Waals surface area contributed by atoms with Gasteiger partial charge in [-0.15, -0.1) is 11.3 Å². The van der Waals surface area contributed by atoms with Crippen molar-refractivity contribution in [2.45, 2.75) is 25.4 Å². The number of likely N-dealkylation sites (tertiary alicyclic amines) is 1. The Morgan fingerprint density at radius 2 is 1.96 bits per heavy atom. The first-order valence-corrected chi connectivity index (χ1v) is 10.1. The van der Waals surface area contributed by atoms with Crippen LogP contribution in [0.4, 0.5) is 0 Å². The molecule has 0 radical (unpaired) electrons. The molecule has 1 aromatic heterocycles. The van der Waals surface area contributed by atoms with Crippen LogP contribution in [0.25, 0.3) is 0 Å². The van der Waals surface area contributed by atoms with E-state index in [9.17, 15) is 0 Å². The van der Waals surface area contributed by atoms with E-state index in [1.165, 1.54) is 36.4 Å². The van der Waals surface area contributed by atoms with E-state index in [4.69, 9.17) is 17.0 Å². The van der Waals surface area contributed by atoms with E-state index in [1.54, 1.807) is 12.0 Å². The third-order valence-electron chi connectivity index (χ3n) is 4.70. The molecule has 3 rings (SSSR count). The van der Waals surface area contributed by atoms with E-state index in [1.807, 2.05) is 23.5 Å². The van der Waals surface area contributed by atoms with Gasteiger partial charge in [-0.25, -0.2) is 0 Å². The molecule has 0 amide bonds. The largest absolute Gasteiger partial charge is 0.497 e. The Bertz CT molecular complexity index is 652. The van der Waals surface area contributed by atoms with Crippen LogP contribution >= 0.6 is 23.6 Å². The first kappa shape index (κ1) is 18.2. The molecule has 2 aromatic rings. The molecule has 1 atom stereocenters. The molecular formula is C19H26N3OS2+. The lowest BCUT2D eigenvalue weighted by atomic mass is 10.2. The Morgan fingerprint density at radius 3 is 2.60 bits per heavy atom. The van der Waals surface area contributed by atoms with E-state index in [2.05, 4.69) is 40.3 Å². The zero-order chi connectivity index (χ0) is 17.5. The van der Waals surface area contributed by atoms with Gasteiger partial charge >= 0.3 is 0 Å². The van der Waals surface area contributed by atoms with Gasteiger partial charge in [-0.1, -0.05) is 18.2 Å². The van der Waals surface area contributed by atoms with E-state index < -0.39 is 0 Å². The van der Waals surface area contributed by atoms with Crippen molar-refractivity contribution in [3.8, 4) is 5.75 Å². The van der Waals surface area contributed by atoms with E-state index in [-0.39, 0.29) is 0 Å². The molecule has 6 heteroatoms. The molecule has 1 aliphatic heterocycles. The maximum Gasteiger partial charge on any atom is 0.166 e.